The third kappa shape index (κ3) is 2.63. The fourth-order valence-electron chi connectivity index (χ4n) is 2.38. The average molecular weight is 307 g/mol. The molecule has 110 valence electrons. The van der Waals surface area contributed by atoms with Gasteiger partial charge in [0.05, 0.1) is 6.04 Å². The monoisotopic (exact) mass is 307 g/mol. The molecule has 1 heterocycles. The molecule has 0 aliphatic carbocycles. The van der Waals surface area contributed by atoms with Gasteiger partial charge >= 0.3 is 0 Å². The Morgan fingerprint density at radius 1 is 1.24 bits per heavy atom. The molecule has 2 aromatic rings. The third-order valence-corrected chi connectivity index (χ3v) is 4.73. The van der Waals surface area contributed by atoms with Crippen LogP contribution in [0.2, 0.25) is 0 Å². The number of fused-ring (bicyclic) bond motifs is 1. The number of hydrogen-bond acceptors (Lipinski definition) is 3. The fraction of sp³-hybridized carbons (Fsp3) is 0.250. The number of hydrogen-bond donors (Lipinski definition) is 1. The van der Waals surface area contributed by atoms with E-state index >= 15 is 0 Å². The van der Waals surface area contributed by atoms with Crippen molar-refractivity contribution in [2.75, 3.05) is 5.75 Å². The molecule has 0 fully saturated rings. The van der Waals surface area contributed by atoms with E-state index in [2.05, 4.69) is 0 Å². The Balaban J connectivity index is 1.91. The number of aryl methyl sites for hydroxylation is 1. The van der Waals surface area contributed by atoms with Gasteiger partial charge in [-0.05, 0) is 30.7 Å². The van der Waals surface area contributed by atoms with Gasteiger partial charge in [-0.15, -0.1) is 11.8 Å². The minimum atomic E-state index is -0.842. The van der Waals surface area contributed by atoms with Crippen LogP contribution in [0.3, 0.4) is 0 Å². The first-order chi connectivity index (χ1) is 10.1. The van der Waals surface area contributed by atoms with E-state index in [0.29, 0.717) is 17.1 Å². The van der Waals surface area contributed by atoms with Gasteiger partial charge in [0, 0.05) is 16.2 Å². The van der Waals surface area contributed by atoms with Crippen LogP contribution < -0.4 is 10.5 Å². The van der Waals surface area contributed by atoms with Gasteiger partial charge in [0.25, 0.3) is 0 Å². The second-order valence-corrected chi connectivity index (χ2v) is 6.09. The van der Waals surface area contributed by atoms with Crippen LogP contribution in [0.15, 0.2) is 41.3 Å². The highest BCUT2D eigenvalue weighted by atomic mass is 32.2. The van der Waals surface area contributed by atoms with Crippen molar-refractivity contribution in [3.63, 3.8) is 0 Å². The minimum Gasteiger partial charge on any atom is -0.486 e. The normalized spacial score (nSPS) is 18.8. The highest BCUT2D eigenvalue weighted by Gasteiger charge is 2.30. The Labute approximate surface area is 126 Å². The van der Waals surface area contributed by atoms with Gasteiger partial charge in [0.15, 0.2) is 0 Å². The molecule has 0 radical (unpaired) electrons. The number of nitrogens with two attached hydrogens (primary N) is 1. The van der Waals surface area contributed by atoms with Crippen molar-refractivity contribution in [1.29, 1.82) is 0 Å². The molecule has 0 spiro atoms. The predicted molar refractivity (Wildman–Crippen MR) is 79.6 cm³/mol. The van der Waals surface area contributed by atoms with Gasteiger partial charge in [0.2, 0.25) is 0 Å². The summed E-state index contributed by atoms with van der Waals surface area (Å²) >= 11 is 1.59. The maximum atomic E-state index is 14.2. The molecule has 2 atom stereocenters. The van der Waals surface area contributed by atoms with Crippen LogP contribution in [-0.4, -0.2) is 11.9 Å². The van der Waals surface area contributed by atoms with E-state index < -0.39 is 23.8 Å². The first-order valence-electron chi connectivity index (χ1n) is 6.66. The molecule has 0 bridgehead atoms. The second kappa shape index (κ2) is 5.66. The number of halogens is 2. The number of ether oxygens (including phenoxy) is 1. The molecule has 2 aromatic carbocycles. The molecule has 0 saturated heterocycles. The summed E-state index contributed by atoms with van der Waals surface area (Å²) in [4.78, 5) is 1.02. The van der Waals surface area contributed by atoms with E-state index in [1.165, 1.54) is 12.1 Å². The maximum absolute atomic E-state index is 14.2. The molecular formula is C16H15F2NOS. The number of para-hydroxylation sites is 1. The lowest BCUT2D eigenvalue weighted by atomic mass is 9.99. The van der Waals surface area contributed by atoms with Crippen LogP contribution in [0, 0.1) is 18.6 Å². The lowest BCUT2D eigenvalue weighted by Gasteiger charge is -2.30. The van der Waals surface area contributed by atoms with E-state index in [4.69, 9.17) is 10.5 Å². The first kappa shape index (κ1) is 14.4. The highest BCUT2D eigenvalue weighted by molar-refractivity contribution is 7.99. The Kier molecular flexibility index (Phi) is 3.87. The largest absolute Gasteiger partial charge is 0.486 e. The molecule has 2 N–H and O–H groups in total. The summed E-state index contributed by atoms with van der Waals surface area (Å²) in [5, 5.41) is 0. The third-order valence-electron chi connectivity index (χ3n) is 3.58. The van der Waals surface area contributed by atoms with E-state index in [0.717, 1.165) is 4.90 Å². The van der Waals surface area contributed by atoms with E-state index in [1.807, 2.05) is 24.3 Å². The molecule has 0 amide bonds. The van der Waals surface area contributed by atoms with E-state index in [1.54, 1.807) is 18.7 Å². The summed E-state index contributed by atoms with van der Waals surface area (Å²) in [7, 11) is 0. The average Bonchev–Trinajstić information content (AvgIpc) is 2.51. The highest BCUT2D eigenvalue weighted by Crippen LogP contribution is 2.38. The van der Waals surface area contributed by atoms with Crippen molar-refractivity contribution < 1.29 is 13.5 Å². The summed E-state index contributed by atoms with van der Waals surface area (Å²) in [6.45, 7) is 1.59. The fourth-order valence-corrected chi connectivity index (χ4v) is 3.43. The zero-order valence-electron chi connectivity index (χ0n) is 11.5. The van der Waals surface area contributed by atoms with Crippen LogP contribution >= 0.6 is 11.8 Å². The molecule has 0 saturated carbocycles. The van der Waals surface area contributed by atoms with Crippen LogP contribution in [0.25, 0.3) is 0 Å². The number of thioether (sulfide) groups is 1. The van der Waals surface area contributed by atoms with Gasteiger partial charge in [-0.25, -0.2) is 8.78 Å². The van der Waals surface area contributed by atoms with Crippen LogP contribution in [0.1, 0.15) is 17.2 Å². The minimum absolute atomic E-state index is 0.0972. The summed E-state index contributed by atoms with van der Waals surface area (Å²) < 4.78 is 33.9. The Morgan fingerprint density at radius 2 is 2.00 bits per heavy atom. The molecule has 1 aliphatic rings. The summed E-state index contributed by atoms with van der Waals surface area (Å²) in [6.07, 6.45) is -0.462. The predicted octanol–water partition coefficient (Wildman–Crippen LogP) is 3.83. The maximum Gasteiger partial charge on any atom is 0.133 e. The van der Waals surface area contributed by atoms with Gasteiger partial charge in [0.1, 0.15) is 23.5 Å². The van der Waals surface area contributed by atoms with Crippen LogP contribution in [-0.2, 0) is 0 Å². The van der Waals surface area contributed by atoms with Crippen molar-refractivity contribution >= 4 is 11.8 Å². The van der Waals surface area contributed by atoms with Crippen molar-refractivity contribution in [2.45, 2.75) is 24.0 Å². The van der Waals surface area contributed by atoms with Gasteiger partial charge < -0.3 is 10.5 Å². The Bertz CT molecular complexity index is 677. The SMILES string of the molecule is Cc1ccc(F)c(C(N)C2CSc3ccccc3O2)c1F. The van der Waals surface area contributed by atoms with Crippen molar-refractivity contribution in [3.05, 3.63) is 59.2 Å². The molecule has 0 aromatic heterocycles. The molecule has 3 rings (SSSR count). The quantitative estimate of drug-likeness (QED) is 0.916. The summed E-state index contributed by atoms with van der Waals surface area (Å²) in [5.41, 5.74) is 6.36. The smallest absolute Gasteiger partial charge is 0.133 e. The van der Waals surface area contributed by atoms with Crippen molar-refractivity contribution in [2.24, 2.45) is 5.73 Å². The van der Waals surface area contributed by atoms with Gasteiger partial charge in [-0.1, -0.05) is 18.2 Å². The Morgan fingerprint density at radius 3 is 2.81 bits per heavy atom. The molecule has 2 nitrogen and oxygen atoms in total. The number of rotatable bonds is 2. The molecule has 21 heavy (non-hydrogen) atoms. The zero-order chi connectivity index (χ0) is 15.0. The van der Waals surface area contributed by atoms with Crippen molar-refractivity contribution in [1.82, 2.24) is 0 Å². The topological polar surface area (TPSA) is 35.2 Å². The molecule has 5 heteroatoms. The summed E-state index contributed by atoms with van der Waals surface area (Å²) in [6, 6.07) is 9.39. The summed E-state index contributed by atoms with van der Waals surface area (Å²) in [5.74, 6) is 0.0565. The standard InChI is InChI=1S/C16H15F2NOS/c1-9-6-7-10(17)14(15(9)18)16(19)12-8-21-13-5-3-2-4-11(13)20-12/h2-7,12,16H,8,19H2,1H3. The molecule has 1 aliphatic heterocycles. The second-order valence-electron chi connectivity index (χ2n) is 5.03. The lowest BCUT2D eigenvalue weighted by molar-refractivity contribution is 0.181. The van der Waals surface area contributed by atoms with Crippen molar-refractivity contribution in [3.8, 4) is 5.75 Å². The van der Waals surface area contributed by atoms with E-state index in [9.17, 15) is 8.78 Å². The first-order valence-corrected chi connectivity index (χ1v) is 7.65. The zero-order valence-corrected chi connectivity index (χ0v) is 12.3. The number of benzene rings is 2. The molecular weight excluding hydrogens is 292 g/mol. The van der Waals surface area contributed by atoms with E-state index in [-0.39, 0.29) is 5.56 Å². The van der Waals surface area contributed by atoms with Gasteiger partial charge in [-0.3, -0.25) is 0 Å². The van der Waals surface area contributed by atoms with Gasteiger partial charge in [-0.2, -0.15) is 0 Å². The molecule has 2 unspecified atom stereocenters. The van der Waals surface area contributed by atoms with Crippen LogP contribution in [0.5, 0.6) is 5.75 Å². The van der Waals surface area contributed by atoms with Crippen LogP contribution in [0.4, 0.5) is 8.78 Å². The Hall–Kier alpha value is -1.59. The lowest BCUT2D eigenvalue weighted by Crippen LogP contribution is -2.36.